The molecule has 1 aliphatic rings. The second-order valence-corrected chi connectivity index (χ2v) is 9.29. The van der Waals surface area contributed by atoms with Gasteiger partial charge in [-0.3, -0.25) is 9.59 Å². The molecule has 4 rings (SSSR count). The highest BCUT2D eigenvalue weighted by Gasteiger charge is 2.32. The zero-order valence-electron chi connectivity index (χ0n) is 18.0. The first-order valence-electron chi connectivity index (χ1n) is 10.5. The molecule has 34 heavy (non-hydrogen) atoms. The van der Waals surface area contributed by atoms with Gasteiger partial charge in [0.05, 0.1) is 17.5 Å². The second-order valence-electron chi connectivity index (χ2n) is 7.61. The van der Waals surface area contributed by atoms with E-state index in [9.17, 15) is 18.0 Å². The van der Waals surface area contributed by atoms with E-state index in [1.54, 1.807) is 6.07 Å². The van der Waals surface area contributed by atoms with Crippen LogP contribution in [0.25, 0.3) is 0 Å². The molecule has 0 spiro atoms. The van der Waals surface area contributed by atoms with Gasteiger partial charge in [0.2, 0.25) is 11.9 Å². The number of Topliss-reactive ketones (excluding diaryl/α,β-unsaturated/α-hetero) is 1. The maximum atomic E-state index is 12.6. The number of carbonyl (C=O) groups is 2. The Hall–Kier alpha value is -3.67. The fourth-order valence-corrected chi connectivity index (χ4v) is 4.31. The fraction of sp³-hybridized carbons (Fsp3) is 0.217. The molecule has 2 heterocycles. The molecule has 2 aromatic carbocycles. The molecule has 2 unspecified atom stereocenters. The van der Waals surface area contributed by atoms with Gasteiger partial charge in [-0.15, -0.1) is 0 Å². The van der Waals surface area contributed by atoms with E-state index in [2.05, 4.69) is 25.3 Å². The molecular formula is C23H23N5O5S. The normalized spacial score (nSPS) is 18.3. The summed E-state index contributed by atoms with van der Waals surface area (Å²) in [6.07, 6.45) is 2.23. The molecule has 11 heteroatoms. The summed E-state index contributed by atoms with van der Waals surface area (Å²) in [5.41, 5.74) is 1.36. The molecular weight excluding hydrogens is 458 g/mol. The van der Waals surface area contributed by atoms with Crippen molar-refractivity contribution in [3.05, 3.63) is 78.6 Å². The Morgan fingerprint density at radius 2 is 1.74 bits per heavy atom. The number of piperidine rings is 1. The first kappa shape index (κ1) is 23.5. The number of nitrogens with zero attached hydrogens (tertiary/aromatic N) is 2. The Morgan fingerprint density at radius 1 is 1.03 bits per heavy atom. The van der Waals surface area contributed by atoms with Crippen LogP contribution in [0.5, 0.6) is 0 Å². The van der Waals surface area contributed by atoms with Crippen molar-refractivity contribution in [2.24, 2.45) is 0 Å². The van der Waals surface area contributed by atoms with Crippen molar-refractivity contribution in [3.8, 4) is 0 Å². The van der Waals surface area contributed by atoms with Crippen molar-refractivity contribution in [2.45, 2.75) is 30.1 Å². The molecule has 0 aliphatic carbocycles. The third-order valence-corrected chi connectivity index (χ3v) is 6.49. The number of aromatic nitrogens is 2. The number of rotatable bonds is 8. The van der Waals surface area contributed by atoms with Crippen LogP contribution in [0.2, 0.25) is 0 Å². The smallest absolute Gasteiger partial charge is 0.264 e. The third-order valence-electron chi connectivity index (χ3n) is 5.15. The Labute approximate surface area is 196 Å². The van der Waals surface area contributed by atoms with E-state index >= 15 is 0 Å². The molecule has 0 radical (unpaired) electrons. The number of ketones is 1. The van der Waals surface area contributed by atoms with Crippen molar-refractivity contribution < 1.29 is 22.7 Å². The summed E-state index contributed by atoms with van der Waals surface area (Å²) in [6.45, 7) is 0.546. The van der Waals surface area contributed by atoms with E-state index in [0.29, 0.717) is 12.3 Å². The number of benzene rings is 2. The largest absolute Gasteiger partial charge is 0.364 e. The van der Waals surface area contributed by atoms with E-state index in [0.717, 1.165) is 5.56 Å². The van der Waals surface area contributed by atoms with Gasteiger partial charge >= 0.3 is 0 Å². The van der Waals surface area contributed by atoms with Gasteiger partial charge in [0.25, 0.3) is 10.0 Å². The van der Waals surface area contributed by atoms with E-state index in [1.165, 1.54) is 36.7 Å². The van der Waals surface area contributed by atoms with Crippen LogP contribution >= 0.6 is 0 Å². The molecule has 1 saturated heterocycles. The standard InChI is InChI=1S/C23H23N5O5S/c29-20-13-19(26-14-21(20)33-15-16-5-2-1-3-6-16)22(30)27-17-7-9-18(10-8-17)34(31,32)28-23-24-11-4-12-25-23/h1-12,19,21,26H,13-15H2,(H,27,30)(H,24,25,28). The van der Waals surface area contributed by atoms with Crippen LogP contribution in [0.4, 0.5) is 11.6 Å². The SMILES string of the molecule is O=C(Nc1ccc(S(=O)(=O)Nc2ncccn2)cc1)C1CC(=O)C(OCc2ccccc2)CN1. The Bertz CT molecular complexity index is 1240. The van der Waals surface area contributed by atoms with Crippen molar-refractivity contribution in [3.63, 3.8) is 0 Å². The number of anilines is 2. The lowest BCUT2D eigenvalue weighted by Gasteiger charge is -2.28. The quantitative estimate of drug-likeness (QED) is 0.442. The average Bonchev–Trinajstić information content (AvgIpc) is 2.84. The Balaban J connectivity index is 1.29. The number of hydrogen-bond acceptors (Lipinski definition) is 8. The van der Waals surface area contributed by atoms with Gasteiger partial charge in [-0.25, -0.2) is 23.1 Å². The zero-order valence-corrected chi connectivity index (χ0v) is 18.9. The number of nitrogens with one attached hydrogen (secondary N) is 3. The lowest BCUT2D eigenvalue weighted by atomic mass is 10.0. The number of amides is 1. The summed E-state index contributed by atoms with van der Waals surface area (Å²) < 4.78 is 32.9. The minimum absolute atomic E-state index is 0.00124. The van der Waals surface area contributed by atoms with E-state index in [1.807, 2.05) is 30.3 Å². The topological polar surface area (TPSA) is 139 Å². The van der Waals surface area contributed by atoms with Crippen LogP contribution in [0, 0.1) is 0 Å². The predicted octanol–water partition coefficient (Wildman–Crippen LogP) is 1.73. The lowest BCUT2D eigenvalue weighted by molar-refractivity contribution is -0.137. The van der Waals surface area contributed by atoms with Crippen molar-refractivity contribution >= 4 is 33.3 Å². The van der Waals surface area contributed by atoms with Crippen molar-refractivity contribution in [1.82, 2.24) is 15.3 Å². The minimum Gasteiger partial charge on any atom is -0.364 e. The summed E-state index contributed by atoms with van der Waals surface area (Å²) >= 11 is 0. The summed E-state index contributed by atoms with van der Waals surface area (Å²) in [5.74, 6) is -0.578. The van der Waals surface area contributed by atoms with Crippen molar-refractivity contribution in [1.29, 1.82) is 0 Å². The van der Waals surface area contributed by atoms with Crippen LogP contribution in [0.3, 0.4) is 0 Å². The molecule has 2 atom stereocenters. The predicted molar refractivity (Wildman–Crippen MR) is 124 cm³/mol. The molecule has 1 fully saturated rings. The first-order chi connectivity index (χ1) is 16.4. The monoisotopic (exact) mass is 481 g/mol. The average molecular weight is 482 g/mol. The molecule has 1 aliphatic heterocycles. The van der Waals surface area contributed by atoms with Gasteiger partial charge in [-0.05, 0) is 35.9 Å². The lowest BCUT2D eigenvalue weighted by Crippen LogP contribution is -2.53. The Morgan fingerprint density at radius 3 is 2.41 bits per heavy atom. The summed E-state index contributed by atoms with van der Waals surface area (Å²) in [4.78, 5) is 32.7. The third kappa shape index (κ3) is 6.01. The maximum absolute atomic E-state index is 12.6. The highest BCUT2D eigenvalue weighted by molar-refractivity contribution is 7.92. The van der Waals surface area contributed by atoms with Gasteiger partial charge < -0.3 is 15.4 Å². The van der Waals surface area contributed by atoms with E-state index in [4.69, 9.17) is 4.74 Å². The van der Waals surface area contributed by atoms with Gasteiger partial charge in [0.1, 0.15) is 6.10 Å². The van der Waals surface area contributed by atoms with Crippen LogP contribution in [0.15, 0.2) is 78.0 Å². The fourth-order valence-electron chi connectivity index (χ4n) is 3.35. The van der Waals surface area contributed by atoms with E-state index < -0.39 is 22.2 Å². The maximum Gasteiger partial charge on any atom is 0.264 e. The summed E-state index contributed by atoms with van der Waals surface area (Å²) in [7, 11) is -3.88. The molecule has 176 valence electrons. The van der Waals surface area contributed by atoms with Crippen LogP contribution in [-0.2, 0) is 31.0 Å². The summed E-state index contributed by atoms with van der Waals surface area (Å²) in [6, 6.07) is 16.0. The molecule has 0 saturated carbocycles. The molecule has 1 aromatic heterocycles. The molecule has 10 nitrogen and oxygen atoms in total. The highest BCUT2D eigenvalue weighted by atomic mass is 32.2. The second kappa shape index (κ2) is 10.5. The molecule has 1 amide bonds. The van der Waals surface area contributed by atoms with Crippen molar-refractivity contribution in [2.75, 3.05) is 16.6 Å². The first-order valence-corrected chi connectivity index (χ1v) is 12.0. The number of carbonyl (C=O) groups excluding carboxylic acids is 2. The van der Waals surface area contributed by atoms with Gasteiger partial charge in [-0.1, -0.05) is 30.3 Å². The van der Waals surface area contributed by atoms with Gasteiger partial charge in [-0.2, -0.15) is 0 Å². The van der Waals surface area contributed by atoms with Gasteiger partial charge in [0, 0.05) is 31.0 Å². The van der Waals surface area contributed by atoms with Crippen LogP contribution < -0.4 is 15.4 Å². The van der Waals surface area contributed by atoms with Crippen LogP contribution in [-0.4, -0.2) is 48.8 Å². The molecule has 0 bridgehead atoms. The number of ether oxygens (including phenoxy) is 1. The number of hydrogen-bond donors (Lipinski definition) is 3. The van der Waals surface area contributed by atoms with E-state index in [-0.39, 0.29) is 35.5 Å². The van der Waals surface area contributed by atoms with Crippen LogP contribution in [0.1, 0.15) is 12.0 Å². The summed E-state index contributed by atoms with van der Waals surface area (Å²) in [5, 5.41) is 5.74. The zero-order chi connectivity index (χ0) is 24.0. The Kier molecular flexibility index (Phi) is 7.26. The number of sulfonamides is 1. The minimum atomic E-state index is -3.88. The molecule has 3 aromatic rings. The molecule has 3 N–H and O–H groups in total. The highest BCUT2D eigenvalue weighted by Crippen LogP contribution is 2.18. The van der Waals surface area contributed by atoms with Gasteiger partial charge in [0.15, 0.2) is 5.78 Å².